The molecule has 0 aliphatic rings. The van der Waals surface area contributed by atoms with Crippen LogP contribution in [0.25, 0.3) is 11.1 Å². The highest BCUT2D eigenvalue weighted by Gasteiger charge is 2.16. The van der Waals surface area contributed by atoms with E-state index in [2.05, 4.69) is 73.0 Å². The summed E-state index contributed by atoms with van der Waals surface area (Å²) in [6, 6.07) is 7.10. The number of hydrogen-bond acceptors (Lipinski definition) is 4. The molecule has 0 radical (unpaired) electrons. The lowest BCUT2D eigenvalue weighted by Gasteiger charge is -2.10. The molecule has 2 aromatic rings. The highest BCUT2D eigenvalue weighted by molar-refractivity contribution is 5.94. The van der Waals surface area contributed by atoms with Crippen LogP contribution < -0.4 is 5.32 Å². The number of rotatable bonds is 20. The summed E-state index contributed by atoms with van der Waals surface area (Å²) in [6.07, 6.45) is 32.8. The van der Waals surface area contributed by atoms with Crippen LogP contribution in [0.3, 0.4) is 0 Å². The monoisotopic (exact) mass is 617 g/mol. The van der Waals surface area contributed by atoms with Crippen LogP contribution in [0.4, 0.5) is 8.78 Å². The first-order valence-electron chi connectivity index (χ1n) is 15.5. The summed E-state index contributed by atoms with van der Waals surface area (Å²) >= 11 is 0. The number of esters is 1. The second kappa shape index (κ2) is 22.9. The topological polar surface area (TPSA) is 75.6 Å². The Balaban J connectivity index is 1.52. The van der Waals surface area contributed by atoms with E-state index in [1.807, 2.05) is 12.2 Å². The minimum atomic E-state index is -0.781. The van der Waals surface area contributed by atoms with E-state index in [4.69, 9.17) is 4.74 Å². The first-order chi connectivity index (χ1) is 21.9. The molecular weight excluding hydrogens is 572 g/mol. The van der Waals surface area contributed by atoms with E-state index >= 15 is 0 Å². The van der Waals surface area contributed by atoms with Crippen LogP contribution in [0, 0.1) is 11.6 Å². The average molecular weight is 618 g/mol. The fourth-order valence-corrected chi connectivity index (χ4v) is 4.08. The van der Waals surface area contributed by atoms with E-state index in [1.165, 1.54) is 24.3 Å². The fourth-order valence-electron chi connectivity index (χ4n) is 4.08. The molecule has 0 saturated heterocycles. The molecule has 1 amide bonds. The molecule has 7 heteroatoms. The van der Waals surface area contributed by atoms with Gasteiger partial charge in [0.2, 0.25) is 5.91 Å². The smallest absolute Gasteiger partial charge is 0.341 e. The third kappa shape index (κ3) is 16.2. The van der Waals surface area contributed by atoms with Crippen LogP contribution in [0.15, 0.2) is 109 Å². The second-order valence-electron chi connectivity index (χ2n) is 10.1. The molecular formula is C38H45F2NO4. The molecule has 0 saturated carbocycles. The summed E-state index contributed by atoms with van der Waals surface area (Å²) in [5.41, 5.74) is 0.269. The number of allylic oxidation sites excluding steroid dienone is 12. The zero-order valence-electron chi connectivity index (χ0n) is 26.1. The Bertz CT molecular complexity index is 1370. The van der Waals surface area contributed by atoms with Gasteiger partial charge in [-0.2, -0.15) is 0 Å². The Labute approximate surface area is 266 Å². The van der Waals surface area contributed by atoms with E-state index in [0.29, 0.717) is 31.4 Å². The molecule has 2 rings (SSSR count). The van der Waals surface area contributed by atoms with E-state index in [-0.39, 0.29) is 29.4 Å². The molecule has 240 valence electrons. The first kappa shape index (κ1) is 36.7. The summed E-state index contributed by atoms with van der Waals surface area (Å²) < 4.78 is 32.5. The maximum atomic E-state index is 14.1. The van der Waals surface area contributed by atoms with Crippen LogP contribution in [0.5, 0.6) is 5.75 Å². The summed E-state index contributed by atoms with van der Waals surface area (Å²) in [6.45, 7) is 2.50. The van der Waals surface area contributed by atoms with Crippen molar-refractivity contribution in [1.82, 2.24) is 5.32 Å². The molecule has 0 unspecified atom stereocenters. The number of amides is 1. The molecule has 0 aromatic heterocycles. The van der Waals surface area contributed by atoms with Crippen LogP contribution in [-0.2, 0) is 9.53 Å². The summed E-state index contributed by atoms with van der Waals surface area (Å²) in [5, 5.41) is 12.9. The molecule has 0 atom stereocenters. The molecule has 0 aliphatic carbocycles. The zero-order valence-corrected chi connectivity index (χ0v) is 26.1. The molecule has 2 aromatic carbocycles. The van der Waals surface area contributed by atoms with Gasteiger partial charge in [-0.15, -0.1) is 0 Å². The van der Waals surface area contributed by atoms with E-state index in [1.54, 1.807) is 0 Å². The minimum Gasteiger partial charge on any atom is -0.507 e. The predicted octanol–water partition coefficient (Wildman–Crippen LogP) is 9.48. The zero-order chi connectivity index (χ0) is 32.5. The number of nitrogens with one attached hydrogen (secondary N) is 1. The van der Waals surface area contributed by atoms with E-state index < -0.39 is 17.6 Å². The number of phenols is 1. The van der Waals surface area contributed by atoms with Gasteiger partial charge < -0.3 is 15.2 Å². The average Bonchev–Trinajstić information content (AvgIpc) is 3.02. The van der Waals surface area contributed by atoms with Gasteiger partial charge in [0, 0.05) is 24.6 Å². The van der Waals surface area contributed by atoms with E-state index in [0.717, 1.165) is 50.7 Å². The van der Waals surface area contributed by atoms with Crippen molar-refractivity contribution in [3.05, 3.63) is 127 Å². The van der Waals surface area contributed by atoms with Gasteiger partial charge in [-0.05, 0) is 81.2 Å². The highest BCUT2D eigenvalue weighted by Crippen LogP contribution is 2.28. The lowest BCUT2D eigenvalue weighted by Crippen LogP contribution is -2.25. The van der Waals surface area contributed by atoms with Crippen molar-refractivity contribution < 1.29 is 28.2 Å². The lowest BCUT2D eigenvalue weighted by molar-refractivity contribution is -0.121. The lowest BCUT2D eigenvalue weighted by atomic mass is 10.0. The highest BCUT2D eigenvalue weighted by atomic mass is 19.1. The van der Waals surface area contributed by atoms with Crippen molar-refractivity contribution in [1.29, 1.82) is 0 Å². The second-order valence-corrected chi connectivity index (χ2v) is 10.1. The van der Waals surface area contributed by atoms with Gasteiger partial charge in [-0.25, -0.2) is 13.6 Å². The number of carbonyl (C=O) groups excluding carboxylic acids is 2. The number of hydrogen-bond donors (Lipinski definition) is 2. The maximum absolute atomic E-state index is 14.1. The van der Waals surface area contributed by atoms with Gasteiger partial charge in [0.15, 0.2) is 0 Å². The molecule has 0 bridgehead atoms. The third-order valence-electron chi connectivity index (χ3n) is 6.47. The number of phenolic OH excluding ortho intramolecular Hbond substituents is 1. The fraction of sp³-hybridized carbons (Fsp3) is 0.316. The molecule has 0 spiro atoms. The molecule has 5 nitrogen and oxygen atoms in total. The van der Waals surface area contributed by atoms with Crippen LogP contribution in [-0.4, -0.2) is 30.1 Å². The maximum Gasteiger partial charge on any atom is 0.341 e. The van der Waals surface area contributed by atoms with Gasteiger partial charge in [0.1, 0.15) is 22.9 Å². The van der Waals surface area contributed by atoms with Crippen molar-refractivity contribution in [2.45, 2.75) is 64.7 Å². The van der Waals surface area contributed by atoms with Crippen molar-refractivity contribution in [2.24, 2.45) is 0 Å². The Morgan fingerprint density at radius 1 is 0.778 bits per heavy atom. The first-order valence-corrected chi connectivity index (χ1v) is 15.5. The van der Waals surface area contributed by atoms with Gasteiger partial charge >= 0.3 is 5.97 Å². The van der Waals surface area contributed by atoms with Gasteiger partial charge in [-0.1, -0.05) is 85.9 Å². The molecule has 0 aliphatic heterocycles. The van der Waals surface area contributed by atoms with Crippen LogP contribution in [0.2, 0.25) is 0 Å². The number of ether oxygens (including phenoxy) is 1. The third-order valence-corrected chi connectivity index (χ3v) is 6.47. The van der Waals surface area contributed by atoms with Crippen molar-refractivity contribution in [3.63, 3.8) is 0 Å². The largest absolute Gasteiger partial charge is 0.507 e. The SMILES string of the molecule is CC/C=C\C/C=C\C/C=C\C/C=C\C/C=C\C/C=C\CCC(=O)NCCCOC(=O)c1cc(-c2ccc(F)cc2F)ccc1O. The van der Waals surface area contributed by atoms with Crippen LogP contribution >= 0.6 is 0 Å². The Hall–Kier alpha value is -4.52. The number of carbonyl (C=O) groups is 2. The van der Waals surface area contributed by atoms with Gasteiger partial charge in [0.05, 0.1) is 6.61 Å². The summed E-state index contributed by atoms with van der Waals surface area (Å²) in [7, 11) is 0. The number of benzene rings is 2. The predicted molar refractivity (Wildman–Crippen MR) is 179 cm³/mol. The standard InChI is InChI=1S/C38H45F2NO4/c1-2-3-4-5-6-7-8-9-10-11-12-13-14-15-16-17-18-19-20-22-37(43)41-27-21-28-45-38(44)34-29-31(23-26-36(34)42)33-25-24-32(39)30-35(33)40/h3-4,6-7,9-10,12-13,15-16,18-19,23-26,29-30,42H,2,5,8,11,14,17,20-22,27-28H2,1H3,(H,41,43)/b4-3-,7-6-,10-9-,13-12-,16-15-,19-18-. The number of aromatic hydroxyl groups is 1. The Morgan fingerprint density at radius 3 is 1.93 bits per heavy atom. The molecule has 0 heterocycles. The van der Waals surface area contributed by atoms with Crippen LogP contribution in [0.1, 0.15) is 75.1 Å². The van der Waals surface area contributed by atoms with E-state index in [9.17, 15) is 23.5 Å². The van der Waals surface area contributed by atoms with Crippen molar-refractivity contribution >= 4 is 11.9 Å². The Kier molecular flexibility index (Phi) is 18.7. The van der Waals surface area contributed by atoms with Gasteiger partial charge in [0.25, 0.3) is 0 Å². The van der Waals surface area contributed by atoms with Gasteiger partial charge in [-0.3, -0.25) is 4.79 Å². The quantitative estimate of drug-likeness (QED) is 0.0882. The molecule has 45 heavy (non-hydrogen) atoms. The Morgan fingerprint density at radius 2 is 1.36 bits per heavy atom. The summed E-state index contributed by atoms with van der Waals surface area (Å²) in [4.78, 5) is 24.5. The molecule has 0 fully saturated rings. The number of halogens is 2. The molecule has 2 N–H and O–H groups in total. The van der Waals surface area contributed by atoms with Crippen molar-refractivity contribution in [3.8, 4) is 16.9 Å². The van der Waals surface area contributed by atoms with Crippen molar-refractivity contribution in [2.75, 3.05) is 13.2 Å². The summed E-state index contributed by atoms with van der Waals surface area (Å²) in [5.74, 6) is -2.67. The minimum absolute atomic E-state index is 0.0286. The normalized spacial score (nSPS) is 12.2.